The Hall–Kier alpha value is -2.83. The first-order valence-corrected chi connectivity index (χ1v) is 11.3. The molecule has 0 bridgehead atoms. The zero-order valence-corrected chi connectivity index (χ0v) is 18.3. The molecule has 4 nitrogen and oxygen atoms in total. The Kier molecular flexibility index (Phi) is 6.89. The Morgan fingerprint density at radius 2 is 1.81 bits per heavy atom. The first-order valence-electron chi connectivity index (χ1n) is 9.92. The van der Waals surface area contributed by atoms with Crippen LogP contribution in [0.1, 0.15) is 11.1 Å². The summed E-state index contributed by atoms with van der Waals surface area (Å²) in [5.41, 5.74) is 3.92. The number of benzene rings is 3. The van der Waals surface area contributed by atoms with Crippen LogP contribution in [0.4, 0.5) is 4.39 Å². The zero-order valence-electron chi connectivity index (χ0n) is 16.7. The van der Waals surface area contributed by atoms with Gasteiger partial charge in [0.15, 0.2) is 5.16 Å². The van der Waals surface area contributed by atoms with Gasteiger partial charge in [0.1, 0.15) is 5.82 Å². The van der Waals surface area contributed by atoms with Gasteiger partial charge in [0.25, 0.3) is 0 Å². The summed E-state index contributed by atoms with van der Waals surface area (Å²) in [4.78, 5) is 17.1. The van der Waals surface area contributed by atoms with Gasteiger partial charge in [0.2, 0.25) is 5.91 Å². The molecule has 0 aliphatic carbocycles. The number of nitrogens with one attached hydrogen (secondary N) is 1. The summed E-state index contributed by atoms with van der Waals surface area (Å²) in [6.45, 7) is 1.16. The standard InChI is InChI=1S/C24H21ClFN3OS/c25-19-8-11-22-21(14-19)28-24(29(22)15-18-4-2-1-3-5-18)31-16-23(30)27-13-12-17-6-9-20(26)10-7-17/h1-11,14H,12-13,15-16H2,(H,27,30). The number of nitrogens with zero attached hydrogens (tertiary/aromatic N) is 2. The molecule has 0 saturated heterocycles. The quantitative estimate of drug-likeness (QED) is 0.367. The third-order valence-corrected chi connectivity index (χ3v) is 6.05. The normalized spacial score (nSPS) is 11.0. The number of thioether (sulfide) groups is 1. The van der Waals surface area contributed by atoms with E-state index in [1.165, 1.54) is 23.9 Å². The highest BCUT2D eigenvalue weighted by Gasteiger charge is 2.14. The van der Waals surface area contributed by atoms with Crippen LogP contribution in [0.2, 0.25) is 5.02 Å². The van der Waals surface area contributed by atoms with Gasteiger partial charge >= 0.3 is 0 Å². The smallest absolute Gasteiger partial charge is 0.230 e. The number of rotatable bonds is 8. The van der Waals surface area contributed by atoms with Crippen molar-refractivity contribution in [3.05, 3.63) is 94.8 Å². The van der Waals surface area contributed by atoms with Crippen molar-refractivity contribution in [3.8, 4) is 0 Å². The van der Waals surface area contributed by atoms with E-state index in [9.17, 15) is 9.18 Å². The van der Waals surface area contributed by atoms with Gasteiger partial charge in [-0.25, -0.2) is 9.37 Å². The maximum Gasteiger partial charge on any atom is 0.230 e. The molecule has 158 valence electrons. The van der Waals surface area contributed by atoms with Crippen LogP contribution >= 0.6 is 23.4 Å². The summed E-state index contributed by atoms with van der Waals surface area (Å²) in [6, 6.07) is 22.1. The van der Waals surface area contributed by atoms with Gasteiger partial charge in [-0.3, -0.25) is 4.79 Å². The lowest BCUT2D eigenvalue weighted by atomic mass is 10.1. The van der Waals surface area contributed by atoms with Gasteiger partial charge in [0.05, 0.1) is 23.3 Å². The molecule has 0 fully saturated rings. The third kappa shape index (κ3) is 5.66. The minimum absolute atomic E-state index is 0.0662. The Morgan fingerprint density at radius 3 is 2.58 bits per heavy atom. The molecule has 4 aromatic rings. The second-order valence-electron chi connectivity index (χ2n) is 7.11. The molecule has 1 aromatic heterocycles. The Labute approximate surface area is 189 Å². The largest absolute Gasteiger partial charge is 0.355 e. The Balaban J connectivity index is 1.41. The van der Waals surface area contributed by atoms with Crippen molar-refractivity contribution in [2.75, 3.05) is 12.3 Å². The molecular weight excluding hydrogens is 433 g/mol. The molecule has 1 amide bonds. The number of carbonyl (C=O) groups is 1. The van der Waals surface area contributed by atoms with E-state index in [1.54, 1.807) is 12.1 Å². The molecular formula is C24H21ClFN3OS. The van der Waals surface area contributed by atoms with Crippen molar-refractivity contribution < 1.29 is 9.18 Å². The molecule has 0 atom stereocenters. The minimum Gasteiger partial charge on any atom is -0.355 e. The van der Waals surface area contributed by atoms with Gasteiger partial charge < -0.3 is 9.88 Å². The van der Waals surface area contributed by atoms with Crippen LogP contribution in [-0.4, -0.2) is 27.8 Å². The van der Waals surface area contributed by atoms with Crippen molar-refractivity contribution in [2.24, 2.45) is 0 Å². The molecule has 7 heteroatoms. The summed E-state index contributed by atoms with van der Waals surface area (Å²) in [7, 11) is 0. The van der Waals surface area contributed by atoms with Crippen molar-refractivity contribution in [1.82, 2.24) is 14.9 Å². The zero-order chi connectivity index (χ0) is 21.6. The van der Waals surface area contributed by atoms with Crippen LogP contribution in [0.3, 0.4) is 0 Å². The number of carbonyl (C=O) groups excluding carboxylic acids is 1. The first kappa shape index (κ1) is 21.4. The first-order chi connectivity index (χ1) is 15.1. The summed E-state index contributed by atoms with van der Waals surface area (Å²) in [6.07, 6.45) is 0.654. The van der Waals surface area contributed by atoms with Gasteiger partial charge in [-0.1, -0.05) is 65.8 Å². The predicted molar refractivity (Wildman–Crippen MR) is 124 cm³/mol. The van der Waals surface area contributed by atoms with Gasteiger partial charge in [-0.2, -0.15) is 0 Å². The molecule has 31 heavy (non-hydrogen) atoms. The molecule has 3 aromatic carbocycles. The summed E-state index contributed by atoms with van der Waals surface area (Å²) in [5.74, 6) is -0.0674. The SMILES string of the molecule is O=C(CSc1nc2cc(Cl)ccc2n1Cc1ccccc1)NCCc1ccc(F)cc1. The topological polar surface area (TPSA) is 46.9 Å². The summed E-state index contributed by atoms with van der Waals surface area (Å²) >= 11 is 7.54. The fraction of sp³-hybridized carbons (Fsp3) is 0.167. The van der Waals surface area contributed by atoms with Crippen molar-refractivity contribution in [2.45, 2.75) is 18.1 Å². The van der Waals surface area contributed by atoms with Crippen LogP contribution in [0.5, 0.6) is 0 Å². The number of hydrogen-bond acceptors (Lipinski definition) is 3. The lowest BCUT2D eigenvalue weighted by Crippen LogP contribution is -2.27. The summed E-state index contributed by atoms with van der Waals surface area (Å²) in [5, 5.41) is 4.32. The van der Waals surface area contributed by atoms with E-state index in [2.05, 4.69) is 22.0 Å². The van der Waals surface area contributed by atoms with Crippen LogP contribution in [-0.2, 0) is 17.8 Å². The molecule has 0 aliphatic rings. The molecule has 0 spiro atoms. The molecule has 1 N–H and O–H groups in total. The maximum atomic E-state index is 13.0. The molecule has 0 saturated carbocycles. The van der Waals surface area contributed by atoms with Crippen LogP contribution in [0.15, 0.2) is 78.0 Å². The number of halogens is 2. The molecule has 1 heterocycles. The van der Waals surface area contributed by atoms with E-state index in [-0.39, 0.29) is 17.5 Å². The average Bonchev–Trinajstić information content (AvgIpc) is 3.10. The lowest BCUT2D eigenvalue weighted by molar-refractivity contribution is -0.118. The average molecular weight is 454 g/mol. The van der Waals surface area contributed by atoms with E-state index in [0.717, 1.165) is 27.3 Å². The lowest BCUT2D eigenvalue weighted by Gasteiger charge is -2.09. The van der Waals surface area contributed by atoms with Crippen molar-refractivity contribution >= 4 is 40.3 Å². The summed E-state index contributed by atoms with van der Waals surface area (Å²) < 4.78 is 15.1. The van der Waals surface area contributed by atoms with E-state index >= 15 is 0 Å². The third-order valence-electron chi connectivity index (χ3n) is 4.84. The van der Waals surface area contributed by atoms with Crippen LogP contribution in [0, 0.1) is 5.82 Å². The second-order valence-corrected chi connectivity index (χ2v) is 8.49. The van der Waals surface area contributed by atoms with Crippen LogP contribution in [0.25, 0.3) is 11.0 Å². The highest BCUT2D eigenvalue weighted by atomic mass is 35.5. The second kappa shape index (κ2) is 9.98. The fourth-order valence-electron chi connectivity index (χ4n) is 3.29. The number of aromatic nitrogens is 2. The minimum atomic E-state index is -0.260. The fourth-order valence-corrected chi connectivity index (χ4v) is 4.30. The molecule has 0 radical (unpaired) electrons. The highest BCUT2D eigenvalue weighted by molar-refractivity contribution is 7.99. The van der Waals surface area contributed by atoms with Gasteiger partial charge in [-0.05, 0) is 47.9 Å². The van der Waals surface area contributed by atoms with Crippen molar-refractivity contribution in [3.63, 3.8) is 0 Å². The van der Waals surface area contributed by atoms with E-state index in [1.807, 2.05) is 36.4 Å². The van der Waals surface area contributed by atoms with Crippen molar-refractivity contribution in [1.29, 1.82) is 0 Å². The number of fused-ring (bicyclic) bond motifs is 1. The molecule has 0 aliphatic heterocycles. The number of imidazole rings is 1. The van der Waals surface area contributed by atoms with E-state index in [0.29, 0.717) is 24.5 Å². The maximum absolute atomic E-state index is 13.0. The molecule has 0 unspecified atom stereocenters. The Bertz CT molecular complexity index is 1180. The highest BCUT2D eigenvalue weighted by Crippen LogP contribution is 2.27. The number of amides is 1. The van der Waals surface area contributed by atoms with Crippen LogP contribution < -0.4 is 5.32 Å². The predicted octanol–water partition coefficient (Wildman–Crippen LogP) is 5.33. The molecule has 4 rings (SSSR count). The van der Waals surface area contributed by atoms with E-state index in [4.69, 9.17) is 16.6 Å². The monoisotopic (exact) mass is 453 g/mol. The Morgan fingerprint density at radius 1 is 1.03 bits per heavy atom. The van der Waals surface area contributed by atoms with Gasteiger partial charge in [0, 0.05) is 11.6 Å². The number of hydrogen-bond donors (Lipinski definition) is 1. The van der Waals surface area contributed by atoms with Gasteiger partial charge in [-0.15, -0.1) is 0 Å². The van der Waals surface area contributed by atoms with E-state index < -0.39 is 0 Å².